The lowest BCUT2D eigenvalue weighted by molar-refractivity contribution is 0.583. The smallest absolute Gasteiger partial charge is 0.212 e. The summed E-state index contributed by atoms with van der Waals surface area (Å²) < 4.78 is 45.4. The third-order valence-electron chi connectivity index (χ3n) is 1.66. The van der Waals surface area contributed by atoms with Crippen molar-refractivity contribution >= 4 is 17.7 Å². The highest BCUT2D eigenvalue weighted by atomic mass is 33.2. The summed E-state index contributed by atoms with van der Waals surface area (Å²) in [6.07, 6.45) is 0. The molecule has 0 aliphatic rings. The molecule has 0 saturated carbocycles. The van der Waals surface area contributed by atoms with Gasteiger partial charge in [0.05, 0.1) is 10.6 Å². The second kappa shape index (κ2) is 3.70. The summed E-state index contributed by atoms with van der Waals surface area (Å²) in [5.74, 6) is -0.423. The molecule has 0 spiro atoms. The van der Waals surface area contributed by atoms with E-state index in [0.717, 1.165) is 0 Å². The van der Waals surface area contributed by atoms with Crippen LogP contribution in [-0.4, -0.2) is 22.6 Å². The fraction of sp³-hybridized carbons (Fsp3) is 0.250. The molecule has 1 rings (SSSR count). The average molecular weight is 233 g/mol. The molecule has 0 fully saturated rings. The number of hydrogen-bond donors (Lipinski definition) is 0. The molecule has 0 N–H and O–H groups in total. The first-order chi connectivity index (χ1) is 6.42. The zero-order valence-electron chi connectivity index (χ0n) is 7.47. The summed E-state index contributed by atoms with van der Waals surface area (Å²) in [5.41, 5.74) is 0. The van der Waals surface area contributed by atoms with E-state index in [1.807, 2.05) is 0 Å². The van der Waals surface area contributed by atoms with E-state index in [1.165, 1.54) is 31.2 Å². The molecular formula is C8H9O4S2. The topological polar surface area (TPSA) is 68.3 Å². The maximum atomic E-state index is 11.5. The van der Waals surface area contributed by atoms with E-state index < -0.39 is 23.5 Å². The van der Waals surface area contributed by atoms with Crippen LogP contribution < -0.4 is 0 Å². The van der Waals surface area contributed by atoms with E-state index in [9.17, 15) is 16.8 Å². The second-order valence-electron chi connectivity index (χ2n) is 2.54. The summed E-state index contributed by atoms with van der Waals surface area (Å²) in [7, 11) is -8.33. The molecule has 77 valence electrons. The Hall–Kier alpha value is -0.880. The van der Waals surface area contributed by atoms with E-state index in [4.69, 9.17) is 0 Å². The molecular weight excluding hydrogens is 224 g/mol. The van der Waals surface area contributed by atoms with Crippen molar-refractivity contribution in [2.75, 3.05) is 5.75 Å². The number of rotatable bonds is 3. The molecule has 0 amide bonds. The highest BCUT2D eigenvalue weighted by molar-refractivity contribution is 8.67. The van der Waals surface area contributed by atoms with Gasteiger partial charge in [0.2, 0.25) is 0 Å². The third kappa shape index (κ3) is 1.80. The van der Waals surface area contributed by atoms with Gasteiger partial charge in [-0.05, 0) is 18.2 Å². The molecule has 0 unspecified atom stereocenters. The maximum absolute atomic E-state index is 11.5. The summed E-state index contributed by atoms with van der Waals surface area (Å²) in [6, 6.07) is 7.76. The number of hydrogen-bond acceptors (Lipinski definition) is 4. The predicted octanol–water partition coefficient (Wildman–Crippen LogP) is 0.610. The molecule has 0 aliphatic heterocycles. The normalized spacial score (nSPS) is 12.6. The van der Waals surface area contributed by atoms with Crippen LogP contribution in [0.5, 0.6) is 0 Å². The van der Waals surface area contributed by atoms with Crippen LogP contribution >= 0.6 is 0 Å². The van der Waals surface area contributed by atoms with Crippen molar-refractivity contribution in [3.8, 4) is 0 Å². The van der Waals surface area contributed by atoms with Gasteiger partial charge in [-0.25, -0.2) is 16.8 Å². The lowest BCUT2D eigenvalue weighted by Crippen LogP contribution is -2.17. The molecule has 14 heavy (non-hydrogen) atoms. The van der Waals surface area contributed by atoms with Crippen molar-refractivity contribution in [3.63, 3.8) is 0 Å². The second-order valence-corrected chi connectivity index (χ2v) is 8.45. The maximum Gasteiger partial charge on any atom is 0.282 e. The van der Waals surface area contributed by atoms with Crippen LogP contribution in [0.3, 0.4) is 0 Å². The average Bonchev–Trinajstić information content (AvgIpc) is 2.19. The Labute approximate surface area is 82.8 Å². The minimum atomic E-state index is -4.24. The molecule has 0 atom stereocenters. The van der Waals surface area contributed by atoms with Crippen molar-refractivity contribution < 1.29 is 16.8 Å². The van der Waals surface area contributed by atoms with E-state index in [2.05, 4.69) is 6.07 Å². The van der Waals surface area contributed by atoms with Gasteiger partial charge < -0.3 is 0 Å². The highest BCUT2D eigenvalue weighted by Gasteiger charge is 2.29. The molecule has 6 heteroatoms. The Kier molecular flexibility index (Phi) is 2.96. The molecule has 0 aromatic heterocycles. The molecule has 0 bridgehead atoms. The highest BCUT2D eigenvalue weighted by Crippen LogP contribution is 2.16. The molecule has 1 radical (unpaired) electrons. The van der Waals surface area contributed by atoms with E-state index in [0.29, 0.717) is 0 Å². The van der Waals surface area contributed by atoms with Gasteiger partial charge in [0.1, 0.15) is 0 Å². The Bertz CT molecular complexity index is 500. The SMILES string of the molecule is CCS(=O)(=O)S(=O)(=O)c1cc[c]cc1. The van der Waals surface area contributed by atoms with Gasteiger partial charge in [0.25, 0.3) is 17.7 Å². The van der Waals surface area contributed by atoms with Crippen molar-refractivity contribution in [1.82, 2.24) is 0 Å². The lowest BCUT2D eigenvalue weighted by atomic mass is 10.4. The van der Waals surface area contributed by atoms with E-state index in [-0.39, 0.29) is 4.90 Å². The fourth-order valence-corrected chi connectivity index (χ4v) is 4.06. The minimum Gasteiger partial charge on any atom is -0.212 e. The summed E-state index contributed by atoms with van der Waals surface area (Å²) in [4.78, 5) is -0.210. The first-order valence-electron chi connectivity index (χ1n) is 3.85. The first-order valence-corrected chi connectivity index (χ1v) is 7.51. The van der Waals surface area contributed by atoms with Gasteiger partial charge in [-0.15, -0.1) is 0 Å². The van der Waals surface area contributed by atoms with Crippen LogP contribution in [-0.2, 0) is 17.7 Å². The van der Waals surface area contributed by atoms with Gasteiger partial charge in [-0.2, -0.15) is 0 Å². The zero-order chi connectivity index (χ0) is 10.8. The Morgan fingerprint density at radius 2 is 1.64 bits per heavy atom. The summed E-state index contributed by atoms with van der Waals surface area (Å²) in [6.45, 7) is 1.29. The zero-order valence-corrected chi connectivity index (χ0v) is 9.10. The van der Waals surface area contributed by atoms with Gasteiger partial charge in [-0.1, -0.05) is 19.1 Å². The molecule has 1 aromatic carbocycles. The minimum absolute atomic E-state index is 0.210. The Morgan fingerprint density at radius 3 is 2.07 bits per heavy atom. The molecule has 0 heterocycles. The van der Waals surface area contributed by atoms with Crippen LogP contribution in [0, 0.1) is 6.07 Å². The summed E-state index contributed by atoms with van der Waals surface area (Å²) in [5, 5.41) is 0. The Morgan fingerprint density at radius 1 is 1.14 bits per heavy atom. The fourth-order valence-electron chi connectivity index (χ4n) is 0.840. The van der Waals surface area contributed by atoms with Crippen LogP contribution in [0.4, 0.5) is 0 Å². The van der Waals surface area contributed by atoms with Gasteiger partial charge in [-0.3, -0.25) is 0 Å². The van der Waals surface area contributed by atoms with Gasteiger partial charge in [0.15, 0.2) is 0 Å². The van der Waals surface area contributed by atoms with Gasteiger partial charge >= 0.3 is 0 Å². The van der Waals surface area contributed by atoms with Crippen molar-refractivity contribution in [1.29, 1.82) is 0 Å². The third-order valence-corrected chi connectivity index (χ3v) is 7.18. The monoisotopic (exact) mass is 233 g/mol. The molecule has 0 saturated heterocycles. The van der Waals surface area contributed by atoms with E-state index >= 15 is 0 Å². The quantitative estimate of drug-likeness (QED) is 0.717. The predicted molar refractivity (Wildman–Crippen MR) is 51.9 cm³/mol. The van der Waals surface area contributed by atoms with Crippen molar-refractivity contribution in [3.05, 3.63) is 30.3 Å². The Balaban J connectivity index is 3.39. The van der Waals surface area contributed by atoms with Crippen LogP contribution in [0.1, 0.15) is 6.92 Å². The number of benzene rings is 1. The molecule has 1 aromatic rings. The van der Waals surface area contributed by atoms with Crippen LogP contribution in [0.15, 0.2) is 29.2 Å². The van der Waals surface area contributed by atoms with Crippen LogP contribution in [0.2, 0.25) is 0 Å². The first kappa shape index (κ1) is 11.2. The standard InChI is InChI=1S/C8H9O4S2/c1-2-13(9,10)14(11,12)8-6-4-3-5-7-8/h4-7H,2H2,1H3. The van der Waals surface area contributed by atoms with E-state index in [1.54, 1.807) is 0 Å². The van der Waals surface area contributed by atoms with Crippen molar-refractivity contribution in [2.45, 2.75) is 11.8 Å². The largest absolute Gasteiger partial charge is 0.282 e. The van der Waals surface area contributed by atoms with Crippen LogP contribution in [0.25, 0.3) is 0 Å². The summed E-state index contributed by atoms with van der Waals surface area (Å²) >= 11 is 0. The molecule has 4 nitrogen and oxygen atoms in total. The molecule has 0 aliphatic carbocycles. The van der Waals surface area contributed by atoms with Crippen molar-refractivity contribution in [2.24, 2.45) is 0 Å². The van der Waals surface area contributed by atoms with Gasteiger partial charge in [0, 0.05) is 0 Å². The lowest BCUT2D eigenvalue weighted by Gasteiger charge is -2.02.